The van der Waals surface area contributed by atoms with Gasteiger partial charge in [0.05, 0.1) is 6.33 Å². The fourth-order valence-corrected chi connectivity index (χ4v) is 1.68. The van der Waals surface area contributed by atoms with Crippen molar-refractivity contribution in [2.24, 2.45) is 5.73 Å². The first-order valence-electron chi connectivity index (χ1n) is 5.24. The van der Waals surface area contributed by atoms with Crippen molar-refractivity contribution >= 4 is 11.7 Å². The van der Waals surface area contributed by atoms with Crippen LogP contribution in [-0.4, -0.2) is 15.5 Å². The highest BCUT2D eigenvalue weighted by molar-refractivity contribution is 5.95. The molecule has 1 aromatic carbocycles. The third kappa shape index (κ3) is 2.28. The normalized spacial score (nSPS) is 10.4. The van der Waals surface area contributed by atoms with Crippen molar-refractivity contribution in [1.82, 2.24) is 9.55 Å². The molecule has 5 heteroatoms. The summed E-state index contributed by atoms with van der Waals surface area (Å²) in [5.41, 5.74) is 13.4. The number of aryl methyl sites for hydroxylation is 1. The Morgan fingerprint density at radius 3 is 2.59 bits per heavy atom. The van der Waals surface area contributed by atoms with Crippen LogP contribution in [0.25, 0.3) is 0 Å². The zero-order chi connectivity index (χ0) is 12.4. The Kier molecular flexibility index (Phi) is 2.82. The number of imidazole rings is 1. The number of anilines is 1. The number of nitrogens with two attached hydrogens (primary N) is 2. The van der Waals surface area contributed by atoms with Crippen LogP contribution >= 0.6 is 0 Å². The zero-order valence-corrected chi connectivity index (χ0v) is 9.55. The lowest BCUT2D eigenvalue weighted by molar-refractivity contribution is 0.0993. The van der Waals surface area contributed by atoms with Crippen molar-refractivity contribution in [2.45, 2.75) is 13.5 Å². The molecule has 1 amide bonds. The number of aromatic nitrogens is 2. The van der Waals surface area contributed by atoms with Crippen molar-refractivity contribution in [2.75, 3.05) is 5.73 Å². The molecule has 4 N–H and O–H groups in total. The maximum atomic E-state index is 11.2. The Balaban J connectivity index is 2.30. The van der Waals surface area contributed by atoms with Gasteiger partial charge in [-0.2, -0.15) is 0 Å². The fraction of sp³-hybridized carbons (Fsp3) is 0.167. The SMILES string of the molecule is Cc1ccc(Cn2cnc(N)c2C(N)=O)cc1. The van der Waals surface area contributed by atoms with Crippen molar-refractivity contribution in [3.63, 3.8) is 0 Å². The van der Waals surface area contributed by atoms with Gasteiger partial charge in [-0.1, -0.05) is 29.8 Å². The second-order valence-electron chi connectivity index (χ2n) is 3.96. The van der Waals surface area contributed by atoms with Gasteiger partial charge in [0.25, 0.3) is 5.91 Å². The summed E-state index contributed by atoms with van der Waals surface area (Å²) in [6.07, 6.45) is 1.52. The maximum Gasteiger partial charge on any atom is 0.269 e. The van der Waals surface area contributed by atoms with E-state index >= 15 is 0 Å². The predicted octanol–water partition coefficient (Wildman–Crippen LogP) is 0.921. The number of hydrogen-bond acceptors (Lipinski definition) is 3. The summed E-state index contributed by atoms with van der Waals surface area (Å²) < 4.78 is 1.66. The van der Waals surface area contributed by atoms with Crippen molar-refractivity contribution in [3.05, 3.63) is 47.4 Å². The molecule has 0 aliphatic heterocycles. The second kappa shape index (κ2) is 4.29. The zero-order valence-electron chi connectivity index (χ0n) is 9.55. The molecule has 88 valence electrons. The Morgan fingerprint density at radius 1 is 1.35 bits per heavy atom. The number of amides is 1. The van der Waals surface area contributed by atoms with Crippen LogP contribution in [0.15, 0.2) is 30.6 Å². The van der Waals surface area contributed by atoms with Gasteiger partial charge in [-0.3, -0.25) is 4.79 Å². The van der Waals surface area contributed by atoms with Crippen molar-refractivity contribution in [3.8, 4) is 0 Å². The highest BCUT2D eigenvalue weighted by Crippen LogP contribution is 2.12. The Bertz CT molecular complexity index is 542. The number of hydrogen-bond donors (Lipinski definition) is 2. The number of carbonyl (C=O) groups excluding carboxylic acids is 1. The van der Waals surface area contributed by atoms with Gasteiger partial charge in [0, 0.05) is 6.54 Å². The first-order chi connectivity index (χ1) is 8.08. The highest BCUT2D eigenvalue weighted by atomic mass is 16.1. The van der Waals surface area contributed by atoms with Crippen molar-refractivity contribution < 1.29 is 4.79 Å². The number of nitrogen functional groups attached to an aromatic ring is 1. The minimum atomic E-state index is -0.563. The molecular weight excluding hydrogens is 216 g/mol. The molecule has 17 heavy (non-hydrogen) atoms. The van der Waals surface area contributed by atoms with Crippen molar-refractivity contribution in [1.29, 1.82) is 0 Å². The minimum Gasteiger partial charge on any atom is -0.382 e. The Labute approximate surface area is 99.1 Å². The summed E-state index contributed by atoms with van der Waals surface area (Å²) >= 11 is 0. The summed E-state index contributed by atoms with van der Waals surface area (Å²) in [5.74, 6) is -0.392. The molecule has 2 aromatic rings. The van der Waals surface area contributed by atoms with Crippen LogP contribution in [-0.2, 0) is 6.54 Å². The predicted molar refractivity (Wildman–Crippen MR) is 65.4 cm³/mol. The van der Waals surface area contributed by atoms with Gasteiger partial charge < -0.3 is 16.0 Å². The van der Waals surface area contributed by atoms with Crippen LogP contribution < -0.4 is 11.5 Å². The van der Waals surface area contributed by atoms with E-state index in [1.807, 2.05) is 31.2 Å². The summed E-state index contributed by atoms with van der Waals surface area (Å²) in [6, 6.07) is 8.02. The lowest BCUT2D eigenvalue weighted by atomic mass is 10.1. The molecule has 2 rings (SSSR count). The molecule has 0 aliphatic carbocycles. The number of primary amides is 1. The standard InChI is InChI=1S/C12H14N4O/c1-8-2-4-9(5-3-8)6-16-7-15-11(13)10(16)12(14)17/h2-5,7H,6,13H2,1H3,(H2,14,17). The van der Waals surface area contributed by atoms with E-state index < -0.39 is 5.91 Å². The van der Waals surface area contributed by atoms with Gasteiger partial charge in [0.2, 0.25) is 0 Å². The van der Waals surface area contributed by atoms with E-state index in [0.717, 1.165) is 5.56 Å². The third-order valence-electron chi connectivity index (χ3n) is 2.57. The van der Waals surface area contributed by atoms with E-state index in [1.54, 1.807) is 4.57 Å². The van der Waals surface area contributed by atoms with Crippen LogP contribution in [0, 0.1) is 6.92 Å². The molecule has 1 aromatic heterocycles. The van der Waals surface area contributed by atoms with Gasteiger partial charge >= 0.3 is 0 Å². The smallest absolute Gasteiger partial charge is 0.269 e. The van der Waals surface area contributed by atoms with E-state index in [1.165, 1.54) is 11.9 Å². The summed E-state index contributed by atoms with van der Waals surface area (Å²) in [7, 11) is 0. The minimum absolute atomic E-state index is 0.171. The average molecular weight is 230 g/mol. The number of rotatable bonds is 3. The number of carbonyl (C=O) groups is 1. The monoisotopic (exact) mass is 230 g/mol. The summed E-state index contributed by atoms with van der Waals surface area (Å²) in [6.45, 7) is 2.55. The second-order valence-corrected chi connectivity index (χ2v) is 3.96. The molecule has 0 saturated heterocycles. The molecule has 0 fully saturated rings. The molecule has 0 atom stereocenters. The number of benzene rings is 1. The van der Waals surface area contributed by atoms with Crippen LogP contribution in [0.3, 0.4) is 0 Å². The largest absolute Gasteiger partial charge is 0.382 e. The van der Waals surface area contributed by atoms with Gasteiger partial charge in [-0.15, -0.1) is 0 Å². The van der Waals surface area contributed by atoms with E-state index in [2.05, 4.69) is 4.98 Å². The van der Waals surface area contributed by atoms with E-state index in [0.29, 0.717) is 6.54 Å². The molecule has 0 spiro atoms. The summed E-state index contributed by atoms with van der Waals surface area (Å²) in [5, 5.41) is 0. The van der Waals surface area contributed by atoms with Crippen LogP contribution in [0.4, 0.5) is 5.82 Å². The Morgan fingerprint density at radius 2 is 2.00 bits per heavy atom. The molecule has 0 bridgehead atoms. The fourth-order valence-electron chi connectivity index (χ4n) is 1.68. The quantitative estimate of drug-likeness (QED) is 0.822. The lowest BCUT2D eigenvalue weighted by Crippen LogP contribution is -2.18. The van der Waals surface area contributed by atoms with E-state index in [4.69, 9.17) is 11.5 Å². The van der Waals surface area contributed by atoms with Crippen LogP contribution in [0.2, 0.25) is 0 Å². The lowest BCUT2D eigenvalue weighted by Gasteiger charge is -2.06. The highest BCUT2D eigenvalue weighted by Gasteiger charge is 2.13. The van der Waals surface area contributed by atoms with Gasteiger partial charge in [0.15, 0.2) is 11.5 Å². The van der Waals surface area contributed by atoms with E-state index in [-0.39, 0.29) is 11.5 Å². The first kappa shape index (κ1) is 11.2. The number of nitrogens with zero attached hydrogens (tertiary/aromatic N) is 2. The first-order valence-corrected chi connectivity index (χ1v) is 5.24. The van der Waals surface area contributed by atoms with Crippen LogP contribution in [0.5, 0.6) is 0 Å². The van der Waals surface area contributed by atoms with Gasteiger partial charge in [-0.25, -0.2) is 4.98 Å². The van der Waals surface area contributed by atoms with Gasteiger partial charge in [-0.05, 0) is 12.5 Å². The van der Waals surface area contributed by atoms with E-state index in [9.17, 15) is 4.79 Å². The molecular formula is C12H14N4O. The molecule has 0 unspecified atom stereocenters. The summed E-state index contributed by atoms with van der Waals surface area (Å²) in [4.78, 5) is 15.1. The van der Waals surface area contributed by atoms with Gasteiger partial charge in [0.1, 0.15) is 0 Å². The average Bonchev–Trinajstić information content (AvgIpc) is 2.63. The third-order valence-corrected chi connectivity index (χ3v) is 2.57. The molecule has 1 heterocycles. The molecule has 0 aliphatic rings. The topological polar surface area (TPSA) is 86.9 Å². The maximum absolute atomic E-state index is 11.2. The Hall–Kier alpha value is -2.30. The van der Waals surface area contributed by atoms with Crippen LogP contribution in [0.1, 0.15) is 21.6 Å². The molecule has 5 nitrogen and oxygen atoms in total. The molecule has 0 saturated carbocycles. The molecule has 0 radical (unpaired) electrons.